The van der Waals surface area contributed by atoms with Crippen molar-refractivity contribution in [1.82, 2.24) is 9.88 Å². The van der Waals surface area contributed by atoms with E-state index in [1.165, 1.54) is 0 Å². The Balaban J connectivity index is 1.74. The number of nitrogens with one attached hydrogen (secondary N) is 1. The topological polar surface area (TPSA) is 62.4 Å². The first kappa shape index (κ1) is 15.8. The number of ether oxygens (including phenoxy) is 1. The number of benzene rings is 1. The molecule has 0 radical (unpaired) electrons. The van der Waals surface area contributed by atoms with Crippen LogP contribution in [0, 0.1) is 0 Å². The number of amides is 1. The van der Waals surface area contributed by atoms with E-state index in [-0.39, 0.29) is 24.2 Å². The number of hydrogen-bond acceptors (Lipinski definition) is 3. The van der Waals surface area contributed by atoms with Gasteiger partial charge in [-0.05, 0) is 6.07 Å². The van der Waals surface area contributed by atoms with Crippen LogP contribution in [0.3, 0.4) is 0 Å². The monoisotopic (exact) mass is 332 g/mol. The summed E-state index contributed by atoms with van der Waals surface area (Å²) in [6.45, 7) is 1.29. The van der Waals surface area contributed by atoms with Crippen LogP contribution < -0.4 is 0 Å². The maximum atomic E-state index is 12.6. The number of Topliss-reactive ketones (excluding diaryl/α,β-unsaturated/α-hetero) is 1. The Morgan fingerprint density at radius 2 is 2.09 bits per heavy atom. The highest BCUT2D eigenvalue weighted by atomic mass is 35.5. The molecule has 2 heterocycles. The molecule has 2 aromatic rings. The van der Waals surface area contributed by atoms with E-state index in [1.54, 1.807) is 29.3 Å². The summed E-state index contributed by atoms with van der Waals surface area (Å²) >= 11 is 5.86. The molecule has 1 atom stereocenters. The summed E-state index contributed by atoms with van der Waals surface area (Å²) in [4.78, 5) is 29.6. The first-order valence-electron chi connectivity index (χ1n) is 7.46. The molecule has 5 nitrogen and oxygen atoms in total. The molecule has 1 N–H and O–H groups in total. The SMILES string of the molecule is O=C(C[C@@H]1COCCN1C(=O)c1cc(Cl)c[nH]1)c1ccccc1. The number of carbonyl (C=O) groups excluding carboxylic acids is 2. The van der Waals surface area contributed by atoms with Crippen LogP contribution in [-0.4, -0.2) is 47.4 Å². The molecule has 6 heteroatoms. The predicted octanol–water partition coefficient (Wildman–Crippen LogP) is 2.78. The summed E-state index contributed by atoms with van der Waals surface area (Å²) in [5, 5.41) is 0.485. The highest BCUT2D eigenvalue weighted by molar-refractivity contribution is 6.30. The van der Waals surface area contributed by atoms with Crippen molar-refractivity contribution < 1.29 is 14.3 Å². The fourth-order valence-electron chi connectivity index (χ4n) is 2.69. The molecule has 0 spiro atoms. The lowest BCUT2D eigenvalue weighted by molar-refractivity contribution is -0.00307. The van der Waals surface area contributed by atoms with Gasteiger partial charge in [-0.1, -0.05) is 41.9 Å². The Bertz CT molecular complexity index is 699. The third-order valence-corrected chi connectivity index (χ3v) is 4.10. The van der Waals surface area contributed by atoms with Crippen molar-refractivity contribution in [2.24, 2.45) is 0 Å². The van der Waals surface area contributed by atoms with E-state index in [2.05, 4.69) is 4.98 Å². The number of hydrogen-bond donors (Lipinski definition) is 1. The molecule has 0 unspecified atom stereocenters. The number of halogens is 1. The highest BCUT2D eigenvalue weighted by Crippen LogP contribution is 2.18. The second-order valence-corrected chi connectivity index (χ2v) is 5.89. The maximum absolute atomic E-state index is 12.6. The van der Waals surface area contributed by atoms with E-state index in [1.807, 2.05) is 18.2 Å². The average Bonchev–Trinajstić information content (AvgIpc) is 3.02. The van der Waals surface area contributed by atoms with Crippen molar-refractivity contribution in [2.45, 2.75) is 12.5 Å². The van der Waals surface area contributed by atoms with Gasteiger partial charge in [-0.3, -0.25) is 9.59 Å². The molecule has 120 valence electrons. The van der Waals surface area contributed by atoms with E-state index >= 15 is 0 Å². The quantitative estimate of drug-likeness (QED) is 0.876. The van der Waals surface area contributed by atoms with Gasteiger partial charge in [0.1, 0.15) is 5.69 Å². The summed E-state index contributed by atoms with van der Waals surface area (Å²) in [5.74, 6) is -0.158. The minimum Gasteiger partial charge on any atom is -0.377 e. The number of rotatable bonds is 4. The van der Waals surface area contributed by atoms with Crippen molar-refractivity contribution in [3.8, 4) is 0 Å². The van der Waals surface area contributed by atoms with E-state index in [0.29, 0.717) is 36.0 Å². The summed E-state index contributed by atoms with van der Waals surface area (Å²) in [7, 11) is 0. The third kappa shape index (κ3) is 3.63. The van der Waals surface area contributed by atoms with E-state index < -0.39 is 0 Å². The number of aromatic amines is 1. The molecule has 1 saturated heterocycles. The molecule has 0 saturated carbocycles. The molecule has 1 fully saturated rings. The lowest BCUT2D eigenvalue weighted by Gasteiger charge is -2.35. The van der Waals surface area contributed by atoms with Gasteiger partial charge < -0.3 is 14.6 Å². The van der Waals surface area contributed by atoms with Crippen LogP contribution in [0.15, 0.2) is 42.6 Å². The molecule has 1 aromatic heterocycles. The molecular formula is C17H17ClN2O3. The van der Waals surface area contributed by atoms with Crippen LogP contribution >= 0.6 is 11.6 Å². The van der Waals surface area contributed by atoms with Crippen LogP contribution in [0.2, 0.25) is 5.02 Å². The molecule has 0 bridgehead atoms. The minimum absolute atomic E-state index is 0.00316. The van der Waals surface area contributed by atoms with Gasteiger partial charge in [-0.2, -0.15) is 0 Å². The number of nitrogens with zero attached hydrogens (tertiary/aromatic N) is 1. The van der Waals surface area contributed by atoms with Gasteiger partial charge in [0, 0.05) is 24.7 Å². The standard InChI is InChI=1S/C17H17ClN2O3/c18-13-8-15(19-10-13)17(22)20-6-7-23-11-14(20)9-16(21)12-4-2-1-3-5-12/h1-5,8,10,14,19H,6-7,9,11H2/t14-/m1/s1. The summed E-state index contributed by atoms with van der Waals surface area (Å²) in [6.07, 6.45) is 1.81. The first-order valence-corrected chi connectivity index (χ1v) is 7.84. The number of aromatic nitrogens is 1. The Kier molecular flexibility index (Phi) is 4.79. The van der Waals surface area contributed by atoms with Crippen LogP contribution in [0.25, 0.3) is 0 Å². The highest BCUT2D eigenvalue weighted by Gasteiger charge is 2.30. The van der Waals surface area contributed by atoms with Gasteiger partial charge in [0.2, 0.25) is 0 Å². The largest absolute Gasteiger partial charge is 0.377 e. The molecule has 23 heavy (non-hydrogen) atoms. The summed E-state index contributed by atoms with van der Waals surface area (Å²) in [5.41, 5.74) is 1.07. The predicted molar refractivity (Wildman–Crippen MR) is 86.8 cm³/mol. The van der Waals surface area contributed by atoms with Gasteiger partial charge >= 0.3 is 0 Å². The zero-order chi connectivity index (χ0) is 16.2. The minimum atomic E-state index is -0.272. The summed E-state index contributed by atoms with van der Waals surface area (Å²) in [6, 6.07) is 10.4. The van der Waals surface area contributed by atoms with Crippen LogP contribution in [0.5, 0.6) is 0 Å². The number of ketones is 1. The molecule has 1 aliphatic rings. The number of morpholine rings is 1. The van der Waals surface area contributed by atoms with Crippen molar-refractivity contribution >= 4 is 23.3 Å². The zero-order valence-corrected chi connectivity index (χ0v) is 13.3. The second kappa shape index (κ2) is 6.98. The van der Waals surface area contributed by atoms with Crippen molar-refractivity contribution in [1.29, 1.82) is 0 Å². The van der Waals surface area contributed by atoms with E-state index in [0.717, 1.165) is 0 Å². The van der Waals surface area contributed by atoms with Gasteiger partial charge in [0.05, 0.1) is 24.3 Å². The molecule has 3 rings (SSSR count). The van der Waals surface area contributed by atoms with Crippen LogP contribution in [0.1, 0.15) is 27.3 Å². The van der Waals surface area contributed by atoms with Crippen LogP contribution in [-0.2, 0) is 4.74 Å². The second-order valence-electron chi connectivity index (χ2n) is 5.45. The number of carbonyl (C=O) groups is 2. The molecule has 0 aliphatic carbocycles. The first-order chi connectivity index (χ1) is 11.1. The Morgan fingerprint density at radius 1 is 1.30 bits per heavy atom. The maximum Gasteiger partial charge on any atom is 0.270 e. The molecule has 1 amide bonds. The van der Waals surface area contributed by atoms with Crippen molar-refractivity contribution in [3.63, 3.8) is 0 Å². The fourth-order valence-corrected chi connectivity index (χ4v) is 2.86. The van der Waals surface area contributed by atoms with Crippen LogP contribution in [0.4, 0.5) is 0 Å². The average molecular weight is 333 g/mol. The third-order valence-electron chi connectivity index (χ3n) is 3.88. The van der Waals surface area contributed by atoms with E-state index in [4.69, 9.17) is 16.3 Å². The fraction of sp³-hybridized carbons (Fsp3) is 0.294. The molecular weight excluding hydrogens is 316 g/mol. The van der Waals surface area contributed by atoms with Gasteiger partial charge in [-0.15, -0.1) is 0 Å². The van der Waals surface area contributed by atoms with Gasteiger partial charge in [-0.25, -0.2) is 0 Å². The Morgan fingerprint density at radius 3 is 2.78 bits per heavy atom. The van der Waals surface area contributed by atoms with E-state index in [9.17, 15) is 9.59 Å². The van der Waals surface area contributed by atoms with Crippen molar-refractivity contribution in [2.75, 3.05) is 19.8 Å². The van der Waals surface area contributed by atoms with Gasteiger partial charge in [0.15, 0.2) is 5.78 Å². The number of H-pyrrole nitrogens is 1. The molecule has 1 aromatic carbocycles. The molecule has 1 aliphatic heterocycles. The Labute approximate surface area is 139 Å². The van der Waals surface area contributed by atoms with Crippen molar-refractivity contribution in [3.05, 3.63) is 58.9 Å². The lowest BCUT2D eigenvalue weighted by Crippen LogP contribution is -2.49. The van der Waals surface area contributed by atoms with Gasteiger partial charge in [0.25, 0.3) is 5.91 Å². The Hall–Kier alpha value is -2.11. The normalized spacial score (nSPS) is 18.0. The zero-order valence-electron chi connectivity index (χ0n) is 12.5. The smallest absolute Gasteiger partial charge is 0.270 e. The summed E-state index contributed by atoms with van der Waals surface area (Å²) < 4.78 is 5.46. The lowest BCUT2D eigenvalue weighted by atomic mass is 10.0.